The van der Waals surface area contributed by atoms with Gasteiger partial charge in [0, 0.05) is 32.2 Å². The number of hydrogen-bond donors (Lipinski definition) is 0. The van der Waals surface area contributed by atoms with Crippen LogP contribution in [0.2, 0.25) is 0 Å². The molecule has 2 aromatic rings. The van der Waals surface area contributed by atoms with Gasteiger partial charge in [-0.3, -0.25) is 19.7 Å². The molecule has 2 aromatic carbocycles. The summed E-state index contributed by atoms with van der Waals surface area (Å²) in [6, 6.07) is 12.6. The number of fused-ring (bicyclic) bond motifs is 1. The molecule has 0 bridgehead atoms. The molecular weight excluding hydrogens is 448 g/mol. The average Bonchev–Trinajstić information content (AvgIpc) is 3.12. The smallest absolute Gasteiger partial charge is 0.294 e. The van der Waals surface area contributed by atoms with Crippen LogP contribution in [-0.4, -0.2) is 50.0 Å². The van der Waals surface area contributed by atoms with Gasteiger partial charge < -0.3 is 14.5 Å². The first-order valence-corrected chi connectivity index (χ1v) is 12.2. The lowest BCUT2D eigenvalue weighted by Gasteiger charge is -2.37. The van der Waals surface area contributed by atoms with E-state index in [0.717, 1.165) is 17.9 Å². The number of ether oxygens (including phenoxy) is 1. The fourth-order valence-electron chi connectivity index (χ4n) is 5.79. The second-order valence-electron chi connectivity index (χ2n) is 9.72. The van der Waals surface area contributed by atoms with Crippen molar-refractivity contribution >= 4 is 34.6 Å². The molecule has 3 atom stereocenters. The quantitative estimate of drug-likeness (QED) is 0.366. The fraction of sp³-hybridized carbons (Fsp3) is 0.462. The molecule has 3 aliphatic rings. The van der Waals surface area contributed by atoms with Crippen LogP contribution in [0.5, 0.6) is 5.75 Å². The van der Waals surface area contributed by atoms with E-state index in [9.17, 15) is 19.7 Å². The van der Waals surface area contributed by atoms with Crippen LogP contribution in [0.4, 0.5) is 22.7 Å². The lowest BCUT2D eigenvalue weighted by atomic mass is 9.76. The molecule has 0 spiro atoms. The molecule has 2 amide bonds. The minimum absolute atomic E-state index is 0.0860. The number of piperazine rings is 1. The maximum Gasteiger partial charge on any atom is 0.294 e. The number of hydrogen-bond acceptors (Lipinski definition) is 7. The van der Waals surface area contributed by atoms with E-state index in [0.29, 0.717) is 56.3 Å². The molecule has 5 rings (SSSR count). The van der Waals surface area contributed by atoms with Crippen LogP contribution in [-0.2, 0) is 9.59 Å². The van der Waals surface area contributed by atoms with Gasteiger partial charge in [-0.2, -0.15) is 0 Å². The van der Waals surface area contributed by atoms with Crippen molar-refractivity contribution in [3.63, 3.8) is 0 Å². The second kappa shape index (κ2) is 9.20. The Morgan fingerprint density at radius 1 is 0.914 bits per heavy atom. The number of rotatable bonds is 5. The van der Waals surface area contributed by atoms with E-state index in [1.807, 2.05) is 29.2 Å². The molecule has 9 heteroatoms. The van der Waals surface area contributed by atoms with E-state index in [-0.39, 0.29) is 29.3 Å². The number of imide groups is 1. The molecule has 2 aliphatic heterocycles. The van der Waals surface area contributed by atoms with Gasteiger partial charge in [-0.05, 0) is 49.4 Å². The predicted octanol–water partition coefficient (Wildman–Crippen LogP) is 3.86. The highest BCUT2D eigenvalue weighted by atomic mass is 16.6. The van der Waals surface area contributed by atoms with Crippen molar-refractivity contribution in [1.82, 2.24) is 0 Å². The summed E-state index contributed by atoms with van der Waals surface area (Å²) in [5, 5.41) is 12.0. The molecule has 0 aromatic heterocycles. The van der Waals surface area contributed by atoms with Crippen LogP contribution < -0.4 is 19.4 Å². The van der Waals surface area contributed by atoms with Gasteiger partial charge in [0.1, 0.15) is 11.4 Å². The van der Waals surface area contributed by atoms with Gasteiger partial charge in [0.15, 0.2) is 0 Å². The van der Waals surface area contributed by atoms with Crippen molar-refractivity contribution in [3.05, 3.63) is 52.6 Å². The topological polar surface area (TPSA) is 96.2 Å². The average molecular weight is 479 g/mol. The third-order valence-corrected chi connectivity index (χ3v) is 7.65. The standard InChI is InChI=1S/C26H30N4O5/c1-17-7-9-19-20(15-17)26(32)29(25(19)31)18-8-10-21(23(16-18)30(33)34)27-11-13-28(14-12-27)22-5-3-4-6-24(22)35-2/h3-6,8,10,16-17,19-20H,7,9,11-15H2,1-2H3/t17-,19+,20-/m0/s1. The number of amides is 2. The lowest BCUT2D eigenvalue weighted by molar-refractivity contribution is -0.384. The van der Waals surface area contributed by atoms with E-state index in [1.54, 1.807) is 19.2 Å². The number of nitro benzene ring substituents is 1. The van der Waals surface area contributed by atoms with Crippen molar-refractivity contribution in [2.75, 3.05) is 48.0 Å². The zero-order chi connectivity index (χ0) is 24.7. The Kier molecular flexibility index (Phi) is 6.08. The normalized spacial score (nSPS) is 24.5. The number of nitrogens with zero attached hydrogens (tertiary/aromatic N) is 4. The van der Waals surface area contributed by atoms with Gasteiger partial charge >= 0.3 is 0 Å². The molecule has 0 radical (unpaired) electrons. The summed E-state index contributed by atoms with van der Waals surface area (Å²) in [5.74, 6) is 0.136. The number of benzene rings is 2. The molecule has 1 saturated carbocycles. The Morgan fingerprint density at radius 3 is 2.26 bits per heavy atom. The highest BCUT2D eigenvalue weighted by molar-refractivity contribution is 6.22. The molecule has 184 valence electrons. The van der Waals surface area contributed by atoms with Crippen LogP contribution >= 0.6 is 0 Å². The molecule has 0 unspecified atom stereocenters. The zero-order valence-electron chi connectivity index (χ0n) is 20.1. The molecular formula is C26H30N4O5. The monoisotopic (exact) mass is 478 g/mol. The van der Waals surface area contributed by atoms with Gasteiger partial charge in [-0.25, -0.2) is 4.90 Å². The van der Waals surface area contributed by atoms with Gasteiger partial charge in [0.2, 0.25) is 11.8 Å². The highest BCUT2D eigenvalue weighted by Crippen LogP contribution is 2.43. The van der Waals surface area contributed by atoms with Gasteiger partial charge in [0.25, 0.3) is 5.69 Å². The summed E-state index contributed by atoms with van der Waals surface area (Å²) in [4.78, 5) is 43.1. The van der Waals surface area contributed by atoms with E-state index in [4.69, 9.17) is 4.74 Å². The van der Waals surface area contributed by atoms with Crippen LogP contribution in [0.15, 0.2) is 42.5 Å². The Morgan fingerprint density at radius 2 is 1.57 bits per heavy atom. The number of nitro groups is 1. The predicted molar refractivity (Wildman–Crippen MR) is 133 cm³/mol. The summed E-state index contributed by atoms with van der Waals surface area (Å²) in [7, 11) is 1.64. The SMILES string of the molecule is COc1ccccc1N1CCN(c2ccc(N3C(=O)[C@H]4C[C@@H](C)CC[C@H]4C3=O)cc2[N+](=O)[O-])CC1. The summed E-state index contributed by atoms with van der Waals surface area (Å²) in [5.41, 5.74) is 1.71. The number of methoxy groups -OCH3 is 1. The third-order valence-electron chi connectivity index (χ3n) is 7.65. The van der Waals surface area contributed by atoms with Crippen LogP contribution in [0.3, 0.4) is 0 Å². The largest absolute Gasteiger partial charge is 0.495 e. The summed E-state index contributed by atoms with van der Waals surface area (Å²) in [6.45, 7) is 4.67. The zero-order valence-corrected chi connectivity index (χ0v) is 20.1. The minimum Gasteiger partial charge on any atom is -0.495 e. The van der Waals surface area contributed by atoms with Gasteiger partial charge in [0.05, 0.1) is 35.2 Å². The Labute approximate surface area is 204 Å². The van der Waals surface area contributed by atoms with Crippen LogP contribution in [0.1, 0.15) is 26.2 Å². The van der Waals surface area contributed by atoms with Crippen LogP contribution in [0.25, 0.3) is 0 Å². The number of carbonyl (C=O) groups is 2. The fourth-order valence-corrected chi connectivity index (χ4v) is 5.79. The van der Waals surface area contributed by atoms with E-state index in [2.05, 4.69) is 11.8 Å². The van der Waals surface area contributed by atoms with E-state index >= 15 is 0 Å². The third kappa shape index (κ3) is 4.09. The maximum absolute atomic E-state index is 13.1. The van der Waals surface area contributed by atoms with Crippen molar-refractivity contribution in [2.45, 2.75) is 26.2 Å². The van der Waals surface area contributed by atoms with Crippen LogP contribution in [0, 0.1) is 27.9 Å². The van der Waals surface area contributed by atoms with E-state index in [1.165, 1.54) is 11.0 Å². The minimum atomic E-state index is -0.425. The highest BCUT2D eigenvalue weighted by Gasteiger charge is 2.50. The first kappa shape index (κ1) is 23.1. The Balaban J connectivity index is 1.37. The summed E-state index contributed by atoms with van der Waals surface area (Å²) >= 11 is 0. The molecule has 2 heterocycles. The first-order valence-electron chi connectivity index (χ1n) is 12.2. The van der Waals surface area contributed by atoms with Crippen molar-refractivity contribution in [2.24, 2.45) is 17.8 Å². The lowest BCUT2D eigenvalue weighted by Crippen LogP contribution is -2.46. The molecule has 35 heavy (non-hydrogen) atoms. The maximum atomic E-state index is 13.1. The molecule has 2 saturated heterocycles. The molecule has 9 nitrogen and oxygen atoms in total. The van der Waals surface area contributed by atoms with Crippen molar-refractivity contribution in [1.29, 1.82) is 0 Å². The second-order valence-corrected chi connectivity index (χ2v) is 9.72. The Bertz CT molecular complexity index is 1160. The summed E-state index contributed by atoms with van der Waals surface area (Å²) in [6.07, 6.45) is 2.32. The summed E-state index contributed by atoms with van der Waals surface area (Å²) < 4.78 is 5.48. The number of para-hydroxylation sites is 2. The molecule has 0 N–H and O–H groups in total. The number of carbonyl (C=O) groups excluding carboxylic acids is 2. The van der Waals surface area contributed by atoms with Gasteiger partial charge in [-0.1, -0.05) is 19.1 Å². The van der Waals surface area contributed by atoms with Crippen molar-refractivity contribution in [3.8, 4) is 5.75 Å². The van der Waals surface area contributed by atoms with Gasteiger partial charge in [-0.15, -0.1) is 0 Å². The van der Waals surface area contributed by atoms with Crippen molar-refractivity contribution < 1.29 is 19.2 Å². The first-order chi connectivity index (χ1) is 16.9. The number of anilines is 3. The molecule has 1 aliphatic carbocycles. The van der Waals surface area contributed by atoms with E-state index < -0.39 is 4.92 Å². The molecule has 3 fully saturated rings. The Hall–Kier alpha value is -3.62.